The Balaban J connectivity index is 1.30. The van der Waals surface area contributed by atoms with Crippen LogP contribution in [0.2, 0.25) is 5.02 Å². The maximum atomic E-state index is 12.9. The summed E-state index contributed by atoms with van der Waals surface area (Å²) in [6.45, 7) is 2.61. The number of ether oxygens (including phenoxy) is 1. The molecule has 1 amide bonds. The second-order valence-corrected chi connectivity index (χ2v) is 8.76. The van der Waals surface area contributed by atoms with Crippen molar-refractivity contribution in [2.24, 2.45) is 0 Å². The van der Waals surface area contributed by atoms with E-state index < -0.39 is 18.1 Å². The molecule has 0 spiro atoms. The number of aromatic nitrogens is 3. The van der Waals surface area contributed by atoms with Gasteiger partial charge < -0.3 is 14.0 Å². The van der Waals surface area contributed by atoms with Crippen molar-refractivity contribution in [2.45, 2.75) is 12.9 Å². The van der Waals surface area contributed by atoms with Crippen molar-refractivity contribution in [3.05, 3.63) is 83.3 Å². The number of benzene rings is 1. The van der Waals surface area contributed by atoms with E-state index in [1.165, 1.54) is 12.1 Å². The van der Waals surface area contributed by atoms with Crippen molar-refractivity contribution in [1.82, 2.24) is 24.2 Å². The summed E-state index contributed by atoms with van der Waals surface area (Å²) in [5.74, 6) is -1.09. The SMILES string of the molecule is O=C(c1cccc(OC(F)(F)F)n1)N1CCN(Cc2c(-c3ccc(Cl)cc3)nc3ccccn23)CC1. The van der Waals surface area contributed by atoms with Gasteiger partial charge in [0.1, 0.15) is 11.3 Å². The molecular formula is C25H21ClF3N5O2. The lowest BCUT2D eigenvalue weighted by Crippen LogP contribution is -2.48. The van der Waals surface area contributed by atoms with E-state index in [1.54, 1.807) is 4.90 Å². The van der Waals surface area contributed by atoms with Crippen LogP contribution in [0.4, 0.5) is 13.2 Å². The fourth-order valence-corrected chi connectivity index (χ4v) is 4.35. The van der Waals surface area contributed by atoms with Crippen molar-refractivity contribution in [3.63, 3.8) is 0 Å². The van der Waals surface area contributed by atoms with Crippen molar-refractivity contribution < 1.29 is 22.7 Å². The summed E-state index contributed by atoms with van der Waals surface area (Å²) in [7, 11) is 0. The number of nitrogens with zero attached hydrogens (tertiary/aromatic N) is 5. The lowest BCUT2D eigenvalue weighted by atomic mass is 10.1. The number of fused-ring (bicyclic) bond motifs is 1. The first-order chi connectivity index (χ1) is 17.3. The lowest BCUT2D eigenvalue weighted by molar-refractivity contribution is -0.276. The fraction of sp³-hybridized carbons (Fsp3) is 0.240. The topological polar surface area (TPSA) is 63.0 Å². The maximum absolute atomic E-state index is 12.9. The van der Waals surface area contributed by atoms with E-state index in [0.717, 1.165) is 28.7 Å². The van der Waals surface area contributed by atoms with Crippen LogP contribution in [0, 0.1) is 0 Å². The molecule has 0 saturated carbocycles. The molecule has 1 saturated heterocycles. The largest absolute Gasteiger partial charge is 0.574 e. The number of piperazine rings is 1. The number of pyridine rings is 2. The number of carbonyl (C=O) groups is 1. The summed E-state index contributed by atoms with van der Waals surface area (Å²) < 4.78 is 43.4. The summed E-state index contributed by atoms with van der Waals surface area (Å²) in [6, 6.07) is 17.1. The highest BCUT2D eigenvalue weighted by Crippen LogP contribution is 2.27. The predicted molar refractivity (Wildman–Crippen MR) is 128 cm³/mol. The summed E-state index contributed by atoms with van der Waals surface area (Å²) in [5, 5.41) is 0.648. The monoisotopic (exact) mass is 515 g/mol. The molecule has 0 N–H and O–H groups in total. The minimum absolute atomic E-state index is 0.0861. The number of alkyl halides is 3. The van der Waals surface area contributed by atoms with Crippen molar-refractivity contribution in [3.8, 4) is 17.1 Å². The van der Waals surface area contributed by atoms with Gasteiger partial charge in [-0.15, -0.1) is 13.2 Å². The third kappa shape index (κ3) is 5.29. The van der Waals surface area contributed by atoms with Gasteiger partial charge in [-0.1, -0.05) is 35.9 Å². The first-order valence-corrected chi connectivity index (χ1v) is 11.6. The normalized spacial score (nSPS) is 14.8. The molecule has 1 aromatic carbocycles. The second kappa shape index (κ2) is 9.79. The number of carbonyl (C=O) groups excluding carboxylic acids is 1. The smallest absolute Gasteiger partial charge is 0.388 e. The number of hydrogen-bond donors (Lipinski definition) is 0. The van der Waals surface area contributed by atoms with E-state index in [0.29, 0.717) is 37.7 Å². The molecule has 4 aromatic rings. The predicted octanol–water partition coefficient (Wildman–Crippen LogP) is 4.91. The van der Waals surface area contributed by atoms with Gasteiger partial charge in [0.25, 0.3) is 5.91 Å². The molecule has 186 valence electrons. The molecule has 0 aliphatic carbocycles. The van der Waals surface area contributed by atoms with Gasteiger partial charge in [-0.2, -0.15) is 0 Å². The molecule has 3 aromatic heterocycles. The van der Waals surface area contributed by atoms with E-state index >= 15 is 0 Å². The average molecular weight is 516 g/mol. The van der Waals surface area contributed by atoms with Crippen LogP contribution >= 0.6 is 11.6 Å². The Morgan fingerprint density at radius 2 is 1.69 bits per heavy atom. The zero-order chi connectivity index (χ0) is 25.3. The third-order valence-electron chi connectivity index (χ3n) is 5.94. The second-order valence-electron chi connectivity index (χ2n) is 8.32. The summed E-state index contributed by atoms with van der Waals surface area (Å²) in [6.07, 6.45) is -2.90. The van der Waals surface area contributed by atoms with E-state index in [9.17, 15) is 18.0 Å². The summed E-state index contributed by atoms with van der Waals surface area (Å²) >= 11 is 6.07. The molecule has 0 atom stereocenters. The molecule has 36 heavy (non-hydrogen) atoms. The van der Waals surface area contributed by atoms with E-state index in [-0.39, 0.29) is 5.69 Å². The Bertz CT molecular complexity index is 1380. The number of imidazole rings is 1. The van der Waals surface area contributed by atoms with Gasteiger partial charge in [-0.05, 0) is 30.3 Å². The highest BCUT2D eigenvalue weighted by Gasteiger charge is 2.32. The highest BCUT2D eigenvalue weighted by molar-refractivity contribution is 6.30. The molecule has 7 nitrogen and oxygen atoms in total. The molecule has 0 unspecified atom stereocenters. The molecular weight excluding hydrogens is 495 g/mol. The molecule has 11 heteroatoms. The highest BCUT2D eigenvalue weighted by atomic mass is 35.5. The lowest BCUT2D eigenvalue weighted by Gasteiger charge is -2.34. The molecule has 4 heterocycles. The van der Waals surface area contributed by atoms with Crippen LogP contribution in [0.25, 0.3) is 16.9 Å². The third-order valence-corrected chi connectivity index (χ3v) is 6.19. The van der Waals surface area contributed by atoms with Gasteiger partial charge in [0.15, 0.2) is 0 Å². The number of rotatable bonds is 5. The Morgan fingerprint density at radius 3 is 2.42 bits per heavy atom. The standard InChI is InChI=1S/C25H21ClF3N5O2/c26-18-9-7-17(8-10-18)23-20(34-11-2-1-5-21(34)31-23)16-32-12-14-33(15-13-32)24(35)19-4-3-6-22(30-19)36-25(27,28)29/h1-11H,12-16H2. The van der Waals surface area contributed by atoms with Crippen molar-refractivity contribution >= 4 is 23.2 Å². The summed E-state index contributed by atoms with van der Waals surface area (Å²) in [4.78, 5) is 25.2. The molecule has 0 radical (unpaired) electrons. The Hall–Kier alpha value is -3.63. The van der Waals surface area contributed by atoms with E-state index in [1.807, 2.05) is 48.7 Å². The Morgan fingerprint density at radius 1 is 0.944 bits per heavy atom. The van der Waals surface area contributed by atoms with Crippen LogP contribution in [0.1, 0.15) is 16.2 Å². The molecule has 5 rings (SSSR count). The zero-order valence-electron chi connectivity index (χ0n) is 19.0. The molecule has 1 aliphatic rings. The van der Waals surface area contributed by atoms with Gasteiger partial charge in [0.05, 0.1) is 11.4 Å². The quantitative estimate of drug-likeness (QED) is 0.378. The maximum Gasteiger partial charge on any atom is 0.574 e. The number of halogens is 4. The van der Waals surface area contributed by atoms with Crippen LogP contribution in [-0.2, 0) is 6.54 Å². The van der Waals surface area contributed by atoms with Gasteiger partial charge in [0.2, 0.25) is 5.88 Å². The van der Waals surface area contributed by atoms with Crippen LogP contribution < -0.4 is 4.74 Å². The Labute approximate surface area is 209 Å². The molecule has 0 bridgehead atoms. The van der Waals surface area contributed by atoms with Crippen molar-refractivity contribution in [1.29, 1.82) is 0 Å². The van der Waals surface area contributed by atoms with Gasteiger partial charge in [-0.25, -0.2) is 9.97 Å². The van der Waals surface area contributed by atoms with Crippen LogP contribution in [0.15, 0.2) is 66.9 Å². The van der Waals surface area contributed by atoms with Gasteiger partial charge in [-0.3, -0.25) is 9.69 Å². The van der Waals surface area contributed by atoms with Crippen LogP contribution in [-0.4, -0.2) is 62.6 Å². The van der Waals surface area contributed by atoms with E-state index in [2.05, 4.69) is 19.0 Å². The average Bonchev–Trinajstić information content (AvgIpc) is 3.22. The fourth-order valence-electron chi connectivity index (χ4n) is 4.23. The minimum atomic E-state index is -4.87. The number of amides is 1. The van der Waals surface area contributed by atoms with Crippen LogP contribution in [0.5, 0.6) is 5.88 Å². The van der Waals surface area contributed by atoms with Gasteiger partial charge >= 0.3 is 6.36 Å². The minimum Gasteiger partial charge on any atom is -0.388 e. The number of hydrogen-bond acceptors (Lipinski definition) is 5. The van der Waals surface area contributed by atoms with E-state index in [4.69, 9.17) is 16.6 Å². The Kier molecular flexibility index (Phi) is 6.55. The molecule has 1 aliphatic heterocycles. The zero-order valence-corrected chi connectivity index (χ0v) is 19.7. The summed E-state index contributed by atoms with van der Waals surface area (Å²) in [5.41, 5.74) is 3.59. The van der Waals surface area contributed by atoms with Gasteiger partial charge in [0, 0.05) is 55.6 Å². The molecule has 1 fully saturated rings. The van der Waals surface area contributed by atoms with Crippen molar-refractivity contribution in [2.75, 3.05) is 26.2 Å². The first-order valence-electron chi connectivity index (χ1n) is 11.2. The first kappa shape index (κ1) is 24.1. The van der Waals surface area contributed by atoms with Crippen LogP contribution in [0.3, 0.4) is 0 Å².